The van der Waals surface area contributed by atoms with Crippen molar-refractivity contribution in [3.63, 3.8) is 0 Å². The fourth-order valence-electron chi connectivity index (χ4n) is 1.04. The minimum Gasteiger partial charge on any atom is -0.389 e. The predicted molar refractivity (Wildman–Crippen MR) is 72.8 cm³/mol. The molecular formula is C11H13ClINO2. The van der Waals surface area contributed by atoms with Crippen LogP contribution in [0.15, 0.2) is 18.2 Å². The average Bonchev–Trinajstić information content (AvgIpc) is 2.17. The van der Waals surface area contributed by atoms with Gasteiger partial charge in [-0.15, -0.1) is 0 Å². The zero-order valence-electron chi connectivity index (χ0n) is 9.05. The van der Waals surface area contributed by atoms with Crippen molar-refractivity contribution in [1.82, 2.24) is 5.32 Å². The maximum absolute atomic E-state index is 11.7. The van der Waals surface area contributed by atoms with Crippen molar-refractivity contribution in [1.29, 1.82) is 0 Å². The van der Waals surface area contributed by atoms with Gasteiger partial charge >= 0.3 is 0 Å². The molecule has 1 aromatic rings. The van der Waals surface area contributed by atoms with Gasteiger partial charge in [-0.2, -0.15) is 0 Å². The Morgan fingerprint density at radius 1 is 1.56 bits per heavy atom. The monoisotopic (exact) mass is 353 g/mol. The molecule has 88 valence electrons. The molecule has 0 atom stereocenters. The quantitative estimate of drug-likeness (QED) is 0.820. The molecule has 0 heterocycles. The van der Waals surface area contributed by atoms with Gasteiger partial charge in [-0.3, -0.25) is 4.79 Å². The van der Waals surface area contributed by atoms with E-state index < -0.39 is 5.60 Å². The highest BCUT2D eigenvalue weighted by atomic mass is 127. The summed E-state index contributed by atoms with van der Waals surface area (Å²) in [6, 6.07) is 5.10. The Balaban J connectivity index is 2.70. The van der Waals surface area contributed by atoms with Gasteiger partial charge in [-0.25, -0.2) is 0 Å². The average molecular weight is 354 g/mol. The van der Waals surface area contributed by atoms with Gasteiger partial charge in [0, 0.05) is 15.7 Å². The lowest BCUT2D eigenvalue weighted by atomic mass is 10.1. The third-order valence-electron chi connectivity index (χ3n) is 1.86. The molecule has 0 unspecified atom stereocenters. The van der Waals surface area contributed by atoms with E-state index in [0.29, 0.717) is 10.6 Å². The van der Waals surface area contributed by atoms with E-state index in [1.54, 1.807) is 32.0 Å². The highest BCUT2D eigenvalue weighted by molar-refractivity contribution is 14.1. The molecule has 1 aromatic carbocycles. The Hall–Kier alpha value is -0.330. The Bertz CT molecular complexity index is 401. The summed E-state index contributed by atoms with van der Waals surface area (Å²) in [5.74, 6) is -0.236. The van der Waals surface area contributed by atoms with Crippen LogP contribution in [0.2, 0.25) is 5.02 Å². The Morgan fingerprint density at radius 2 is 2.19 bits per heavy atom. The number of carbonyl (C=O) groups excluding carboxylic acids is 1. The van der Waals surface area contributed by atoms with E-state index in [1.165, 1.54) is 0 Å². The molecule has 0 saturated carbocycles. The second-order valence-corrected chi connectivity index (χ2v) is 5.69. The van der Waals surface area contributed by atoms with Crippen LogP contribution in [0.1, 0.15) is 24.2 Å². The number of nitrogens with one attached hydrogen (secondary N) is 1. The van der Waals surface area contributed by atoms with Crippen molar-refractivity contribution in [3.8, 4) is 0 Å². The molecule has 0 aromatic heterocycles. The molecule has 0 aliphatic rings. The molecule has 0 fully saturated rings. The third-order valence-corrected chi connectivity index (χ3v) is 3.44. The fourth-order valence-corrected chi connectivity index (χ4v) is 1.55. The van der Waals surface area contributed by atoms with Crippen LogP contribution >= 0.6 is 34.2 Å². The van der Waals surface area contributed by atoms with Crippen LogP contribution in [0.25, 0.3) is 0 Å². The molecule has 0 saturated heterocycles. The van der Waals surface area contributed by atoms with Gasteiger partial charge in [0.15, 0.2) is 0 Å². The Labute approximate surface area is 113 Å². The van der Waals surface area contributed by atoms with E-state index in [9.17, 15) is 9.90 Å². The predicted octanol–water partition coefficient (Wildman–Crippen LogP) is 2.45. The first-order chi connectivity index (χ1) is 7.29. The van der Waals surface area contributed by atoms with Crippen molar-refractivity contribution in [3.05, 3.63) is 32.4 Å². The van der Waals surface area contributed by atoms with E-state index >= 15 is 0 Å². The van der Waals surface area contributed by atoms with E-state index in [4.69, 9.17) is 11.6 Å². The van der Waals surface area contributed by atoms with E-state index in [2.05, 4.69) is 27.9 Å². The van der Waals surface area contributed by atoms with Gasteiger partial charge in [0.25, 0.3) is 5.91 Å². The Kier molecular flexibility index (Phi) is 4.58. The lowest BCUT2D eigenvalue weighted by Gasteiger charge is -2.17. The van der Waals surface area contributed by atoms with Crippen molar-refractivity contribution >= 4 is 40.1 Å². The van der Waals surface area contributed by atoms with Crippen LogP contribution in [0, 0.1) is 3.57 Å². The van der Waals surface area contributed by atoms with Crippen LogP contribution in [0.5, 0.6) is 0 Å². The second kappa shape index (κ2) is 5.33. The van der Waals surface area contributed by atoms with Gasteiger partial charge in [-0.05, 0) is 54.6 Å². The topological polar surface area (TPSA) is 49.3 Å². The molecule has 0 spiro atoms. The van der Waals surface area contributed by atoms with Crippen molar-refractivity contribution in [2.45, 2.75) is 19.4 Å². The number of hydrogen-bond acceptors (Lipinski definition) is 2. The van der Waals surface area contributed by atoms with Crippen LogP contribution in [-0.4, -0.2) is 23.2 Å². The minimum atomic E-state index is -0.914. The molecule has 16 heavy (non-hydrogen) atoms. The summed E-state index contributed by atoms with van der Waals surface area (Å²) < 4.78 is 0.901. The Morgan fingerprint density at radius 3 is 2.69 bits per heavy atom. The van der Waals surface area contributed by atoms with Crippen LogP contribution < -0.4 is 5.32 Å². The SMILES string of the molecule is CC(C)(O)CNC(=O)c1ccc(I)c(Cl)c1. The third kappa shape index (κ3) is 4.27. The van der Waals surface area contributed by atoms with Crippen LogP contribution in [-0.2, 0) is 0 Å². The first-order valence-corrected chi connectivity index (χ1v) is 6.21. The summed E-state index contributed by atoms with van der Waals surface area (Å²) >= 11 is 8.01. The highest BCUT2D eigenvalue weighted by Gasteiger charge is 2.15. The first kappa shape index (κ1) is 13.7. The molecule has 5 heteroatoms. The van der Waals surface area contributed by atoms with E-state index in [1.807, 2.05) is 0 Å². The lowest BCUT2D eigenvalue weighted by Crippen LogP contribution is -2.38. The van der Waals surface area contributed by atoms with E-state index in [0.717, 1.165) is 3.57 Å². The summed E-state index contributed by atoms with van der Waals surface area (Å²) in [5.41, 5.74) is -0.419. The van der Waals surface area contributed by atoms with Crippen molar-refractivity contribution in [2.24, 2.45) is 0 Å². The zero-order chi connectivity index (χ0) is 12.3. The van der Waals surface area contributed by atoms with Gasteiger partial charge in [0.05, 0.1) is 10.6 Å². The summed E-state index contributed by atoms with van der Waals surface area (Å²) in [5, 5.41) is 12.7. The van der Waals surface area contributed by atoms with Crippen LogP contribution in [0.4, 0.5) is 0 Å². The molecule has 3 nitrogen and oxygen atoms in total. The number of carbonyl (C=O) groups is 1. The number of aliphatic hydroxyl groups is 1. The zero-order valence-corrected chi connectivity index (χ0v) is 12.0. The van der Waals surface area contributed by atoms with Gasteiger partial charge < -0.3 is 10.4 Å². The second-order valence-electron chi connectivity index (χ2n) is 4.12. The number of halogens is 2. The normalized spacial score (nSPS) is 11.3. The maximum atomic E-state index is 11.7. The summed E-state index contributed by atoms with van der Waals surface area (Å²) in [7, 11) is 0. The van der Waals surface area contributed by atoms with Crippen LogP contribution in [0.3, 0.4) is 0 Å². The van der Waals surface area contributed by atoms with Gasteiger partial charge in [0.2, 0.25) is 0 Å². The van der Waals surface area contributed by atoms with Gasteiger partial charge in [-0.1, -0.05) is 11.6 Å². The molecule has 0 bridgehead atoms. The molecule has 1 amide bonds. The maximum Gasteiger partial charge on any atom is 0.251 e. The standard InChI is InChI=1S/C11H13ClINO2/c1-11(2,16)6-14-10(15)7-3-4-9(13)8(12)5-7/h3-5,16H,6H2,1-2H3,(H,14,15). The fraction of sp³-hybridized carbons (Fsp3) is 0.364. The lowest BCUT2D eigenvalue weighted by molar-refractivity contribution is 0.0694. The first-order valence-electron chi connectivity index (χ1n) is 4.75. The van der Waals surface area contributed by atoms with Gasteiger partial charge in [0.1, 0.15) is 0 Å². The molecular weight excluding hydrogens is 340 g/mol. The number of hydrogen-bond donors (Lipinski definition) is 2. The van der Waals surface area contributed by atoms with E-state index in [-0.39, 0.29) is 12.5 Å². The summed E-state index contributed by atoms with van der Waals surface area (Å²) in [4.78, 5) is 11.7. The summed E-state index contributed by atoms with van der Waals surface area (Å²) in [6.45, 7) is 3.47. The highest BCUT2D eigenvalue weighted by Crippen LogP contribution is 2.19. The largest absolute Gasteiger partial charge is 0.389 e. The smallest absolute Gasteiger partial charge is 0.251 e. The number of benzene rings is 1. The molecule has 0 aliphatic heterocycles. The van der Waals surface area contributed by atoms with Crippen molar-refractivity contribution < 1.29 is 9.90 Å². The number of amides is 1. The number of rotatable bonds is 3. The molecule has 2 N–H and O–H groups in total. The molecule has 1 rings (SSSR count). The van der Waals surface area contributed by atoms with Crippen molar-refractivity contribution in [2.75, 3.05) is 6.54 Å². The molecule has 0 aliphatic carbocycles. The minimum absolute atomic E-state index is 0.204. The molecule has 0 radical (unpaired) electrons. The summed E-state index contributed by atoms with van der Waals surface area (Å²) in [6.07, 6.45) is 0.